The number of hydrogen-bond acceptors (Lipinski definition) is 5. The highest BCUT2D eigenvalue weighted by Crippen LogP contribution is 2.29. The first-order valence-corrected chi connectivity index (χ1v) is 10.6. The topological polar surface area (TPSA) is 59.4 Å². The number of fused-ring (bicyclic) bond motifs is 1. The molecule has 3 aromatic rings. The monoisotopic (exact) mass is 418 g/mol. The first-order chi connectivity index (χ1) is 13.6. The summed E-state index contributed by atoms with van der Waals surface area (Å²) in [5.74, 6) is -0.0295. The van der Waals surface area contributed by atoms with Gasteiger partial charge in [-0.2, -0.15) is 5.10 Å². The lowest BCUT2D eigenvalue weighted by Gasteiger charge is -2.26. The number of aryl methyl sites for hydroxylation is 1. The average Bonchev–Trinajstić information content (AvgIpc) is 3.26. The highest BCUT2D eigenvalue weighted by molar-refractivity contribution is 7.20. The third-order valence-electron chi connectivity index (χ3n) is 4.93. The summed E-state index contributed by atoms with van der Waals surface area (Å²) >= 11 is 7.77. The van der Waals surface area contributed by atoms with Crippen LogP contribution in [-0.4, -0.2) is 60.0 Å². The zero-order valence-electron chi connectivity index (χ0n) is 15.8. The first kappa shape index (κ1) is 19.4. The minimum atomic E-state index is -0.0295. The Hall–Kier alpha value is -1.93. The van der Waals surface area contributed by atoms with Gasteiger partial charge in [-0.3, -0.25) is 14.4 Å². The van der Waals surface area contributed by atoms with Crippen LogP contribution in [-0.2, 0) is 11.3 Å². The maximum Gasteiger partial charge on any atom is 0.261 e. The lowest BCUT2D eigenvalue weighted by atomic mass is 10.2. The molecule has 0 unspecified atom stereocenters. The van der Waals surface area contributed by atoms with Gasteiger partial charge in [0.15, 0.2) is 0 Å². The van der Waals surface area contributed by atoms with E-state index in [0.29, 0.717) is 18.0 Å². The Morgan fingerprint density at radius 2 is 2.11 bits per heavy atom. The number of benzene rings is 1. The fraction of sp³-hybridized carbons (Fsp3) is 0.400. The summed E-state index contributed by atoms with van der Waals surface area (Å²) in [6.45, 7) is 7.43. The normalized spacial score (nSPS) is 15.2. The number of ether oxygens (including phenoxy) is 1. The number of morpholine rings is 1. The number of aromatic nitrogens is 2. The molecule has 0 radical (unpaired) electrons. The van der Waals surface area contributed by atoms with E-state index < -0.39 is 0 Å². The first-order valence-electron chi connectivity index (χ1n) is 9.40. The second kappa shape index (κ2) is 8.61. The van der Waals surface area contributed by atoms with Crippen LogP contribution < -0.4 is 5.32 Å². The van der Waals surface area contributed by atoms with E-state index in [0.717, 1.165) is 59.3 Å². The predicted molar refractivity (Wildman–Crippen MR) is 112 cm³/mol. The molecular weight excluding hydrogens is 396 g/mol. The summed E-state index contributed by atoms with van der Waals surface area (Å²) in [7, 11) is 0. The largest absolute Gasteiger partial charge is 0.379 e. The standard InChI is InChI=1S/C20H23ClN4O2S/c1-14-16-12-18(19(26)22-6-7-24-8-10-27-11-9-24)28-20(16)25(23-14)13-15-4-2-3-5-17(15)21/h2-5,12H,6-11,13H2,1H3,(H,22,26). The number of nitrogens with zero attached hydrogens (tertiary/aromatic N) is 3. The zero-order valence-corrected chi connectivity index (χ0v) is 17.4. The molecule has 1 aliphatic heterocycles. The minimum Gasteiger partial charge on any atom is -0.379 e. The maximum absolute atomic E-state index is 12.6. The van der Waals surface area contributed by atoms with Crippen LogP contribution in [0, 0.1) is 6.92 Å². The Morgan fingerprint density at radius 1 is 1.32 bits per heavy atom. The molecule has 0 atom stereocenters. The number of hydrogen-bond donors (Lipinski definition) is 1. The molecule has 2 aromatic heterocycles. The van der Waals surface area contributed by atoms with Gasteiger partial charge in [-0.1, -0.05) is 29.8 Å². The summed E-state index contributed by atoms with van der Waals surface area (Å²) in [4.78, 5) is 16.6. The lowest BCUT2D eigenvalue weighted by Crippen LogP contribution is -2.41. The van der Waals surface area contributed by atoms with Gasteiger partial charge in [0.1, 0.15) is 4.83 Å². The second-order valence-corrected chi connectivity index (χ2v) is 8.31. The molecule has 0 saturated carbocycles. The second-order valence-electron chi connectivity index (χ2n) is 6.87. The molecule has 28 heavy (non-hydrogen) atoms. The van der Waals surface area contributed by atoms with Crippen molar-refractivity contribution in [2.45, 2.75) is 13.5 Å². The molecule has 0 spiro atoms. The summed E-state index contributed by atoms with van der Waals surface area (Å²) in [5.41, 5.74) is 1.93. The van der Waals surface area contributed by atoms with Crippen LogP contribution in [0.15, 0.2) is 30.3 Å². The van der Waals surface area contributed by atoms with Gasteiger partial charge in [0.05, 0.1) is 30.3 Å². The summed E-state index contributed by atoms with van der Waals surface area (Å²) < 4.78 is 7.28. The third kappa shape index (κ3) is 4.22. The molecular formula is C20H23ClN4O2S. The van der Waals surface area contributed by atoms with E-state index in [1.807, 2.05) is 41.9 Å². The number of rotatable bonds is 6. The summed E-state index contributed by atoms with van der Waals surface area (Å²) in [6, 6.07) is 9.70. The van der Waals surface area contributed by atoms with Gasteiger partial charge in [0.2, 0.25) is 0 Å². The molecule has 0 bridgehead atoms. The molecule has 1 aliphatic rings. The smallest absolute Gasteiger partial charge is 0.261 e. The van der Waals surface area contributed by atoms with E-state index in [-0.39, 0.29) is 5.91 Å². The van der Waals surface area contributed by atoms with Crippen molar-refractivity contribution < 1.29 is 9.53 Å². The van der Waals surface area contributed by atoms with E-state index in [1.165, 1.54) is 11.3 Å². The molecule has 148 valence electrons. The van der Waals surface area contributed by atoms with Gasteiger partial charge in [0, 0.05) is 36.6 Å². The molecule has 6 nitrogen and oxygen atoms in total. The number of thiophene rings is 1. The predicted octanol–water partition coefficient (Wildman–Crippen LogP) is 3.17. The summed E-state index contributed by atoms with van der Waals surface area (Å²) in [5, 5.41) is 9.41. The maximum atomic E-state index is 12.6. The Bertz CT molecular complexity index is 978. The quantitative estimate of drug-likeness (QED) is 0.668. The molecule has 0 aliphatic carbocycles. The van der Waals surface area contributed by atoms with E-state index in [2.05, 4.69) is 15.3 Å². The number of halogens is 1. The minimum absolute atomic E-state index is 0.0295. The van der Waals surface area contributed by atoms with Crippen LogP contribution in [0.3, 0.4) is 0 Å². The molecule has 4 rings (SSSR count). The van der Waals surface area contributed by atoms with Crippen molar-refractivity contribution in [1.82, 2.24) is 20.0 Å². The Labute approximate surface area is 173 Å². The molecule has 1 aromatic carbocycles. The van der Waals surface area contributed by atoms with Crippen molar-refractivity contribution in [3.8, 4) is 0 Å². The highest BCUT2D eigenvalue weighted by atomic mass is 35.5. The van der Waals surface area contributed by atoms with Crippen molar-refractivity contribution in [3.05, 3.63) is 51.5 Å². The van der Waals surface area contributed by atoms with Gasteiger partial charge in [-0.15, -0.1) is 11.3 Å². The summed E-state index contributed by atoms with van der Waals surface area (Å²) in [6.07, 6.45) is 0. The number of carbonyl (C=O) groups is 1. The average molecular weight is 419 g/mol. The van der Waals surface area contributed by atoms with Gasteiger partial charge < -0.3 is 10.1 Å². The molecule has 1 fully saturated rings. The third-order valence-corrected chi connectivity index (χ3v) is 6.44. The fourth-order valence-corrected chi connectivity index (χ4v) is 4.63. The Balaban J connectivity index is 1.45. The van der Waals surface area contributed by atoms with Crippen LogP contribution in [0.2, 0.25) is 5.02 Å². The molecule has 3 heterocycles. The zero-order chi connectivity index (χ0) is 19.5. The van der Waals surface area contributed by atoms with Crippen molar-refractivity contribution in [2.75, 3.05) is 39.4 Å². The van der Waals surface area contributed by atoms with Crippen molar-refractivity contribution in [1.29, 1.82) is 0 Å². The molecule has 1 saturated heterocycles. The van der Waals surface area contributed by atoms with Crippen LogP contribution >= 0.6 is 22.9 Å². The van der Waals surface area contributed by atoms with E-state index in [4.69, 9.17) is 16.3 Å². The van der Waals surface area contributed by atoms with Crippen LogP contribution in [0.1, 0.15) is 20.9 Å². The van der Waals surface area contributed by atoms with Crippen molar-refractivity contribution in [2.24, 2.45) is 0 Å². The van der Waals surface area contributed by atoms with Gasteiger partial charge in [-0.25, -0.2) is 0 Å². The van der Waals surface area contributed by atoms with E-state index in [9.17, 15) is 4.79 Å². The van der Waals surface area contributed by atoms with Crippen LogP contribution in [0.25, 0.3) is 10.2 Å². The number of carbonyl (C=O) groups excluding carboxylic acids is 1. The van der Waals surface area contributed by atoms with Gasteiger partial charge in [-0.05, 0) is 24.6 Å². The van der Waals surface area contributed by atoms with Crippen molar-refractivity contribution in [3.63, 3.8) is 0 Å². The SMILES string of the molecule is Cc1nn(Cc2ccccc2Cl)c2sc(C(=O)NCCN3CCOCC3)cc12. The Morgan fingerprint density at radius 3 is 2.89 bits per heavy atom. The van der Waals surface area contributed by atoms with Gasteiger partial charge in [0.25, 0.3) is 5.91 Å². The Kier molecular flexibility index (Phi) is 5.96. The number of amides is 1. The van der Waals surface area contributed by atoms with E-state index >= 15 is 0 Å². The van der Waals surface area contributed by atoms with Crippen LogP contribution in [0.4, 0.5) is 0 Å². The molecule has 8 heteroatoms. The van der Waals surface area contributed by atoms with Gasteiger partial charge >= 0.3 is 0 Å². The lowest BCUT2D eigenvalue weighted by molar-refractivity contribution is 0.0383. The van der Waals surface area contributed by atoms with Crippen LogP contribution in [0.5, 0.6) is 0 Å². The van der Waals surface area contributed by atoms with E-state index in [1.54, 1.807) is 0 Å². The molecule has 1 N–H and O–H groups in total. The fourth-order valence-electron chi connectivity index (χ4n) is 3.36. The number of nitrogens with one attached hydrogen (secondary N) is 1. The highest BCUT2D eigenvalue weighted by Gasteiger charge is 2.17. The van der Waals surface area contributed by atoms with Crippen molar-refractivity contribution >= 4 is 39.1 Å². The molecule has 1 amide bonds.